The largest absolute Gasteiger partial charge is 0.478 e. The molecule has 0 saturated heterocycles. The van der Waals surface area contributed by atoms with Gasteiger partial charge in [-0.15, -0.1) is 0 Å². The zero-order chi connectivity index (χ0) is 24.9. The third-order valence-electron chi connectivity index (χ3n) is 5.96. The van der Waals surface area contributed by atoms with Gasteiger partial charge in [0.15, 0.2) is 0 Å². The van der Waals surface area contributed by atoms with E-state index in [1.807, 2.05) is 38.1 Å². The highest BCUT2D eigenvalue weighted by molar-refractivity contribution is 5.99. The van der Waals surface area contributed by atoms with Crippen molar-refractivity contribution in [2.75, 3.05) is 0 Å². The van der Waals surface area contributed by atoms with Gasteiger partial charge in [-0.1, -0.05) is 54.6 Å². The summed E-state index contributed by atoms with van der Waals surface area (Å²) in [5.41, 5.74) is 5.01. The van der Waals surface area contributed by atoms with Gasteiger partial charge in [0.2, 0.25) is 0 Å². The van der Waals surface area contributed by atoms with E-state index in [9.17, 15) is 9.59 Å². The Kier molecular flexibility index (Phi) is 7.19. The quantitative estimate of drug-likeness (QED) is 0.482. The molecule has 6 heteroatoms. The number of nitrogens with one attached hydrogen (secondary N) is 2. The lowest BCUT2D eigenvalue weighted by atomic mass is 9.95. The second-order valence-electron chi connectivity index (χ2n) is 9.22. The molecule has 6 nitrogen and oxygen atoms in total. The molecule has 2 aliphatic heterocycles. The molecule has 0 fully saturated rings. The summed E-state index contributed by atoms with van der Waals surface area (Å²) in [6.07, 6.45) is 0. The number of benzene rings is 3. The van der Waals surface area contributed by atoms with E-state index in [4.69, 9.17) is 10.4 Å². The standard InChI is InChI=1S/C10H11NO.C10H13N.C8H5NO2/c1-10(2)8-6-4-3-5-7(8)9(12)11-10;1-10(2)9-6-4-3-5-8(9)7-11-10;9-5-6-3-1-2-4-7(6)8(10)11/h3-6H,1-2H3,(H,11,12);3-6,11H,7H2,1-2H3;1-4H,(H,10,11). The normalized spacial score (nSPS) is 15.8. The molecule has 34 heavy (non-hydrogen) atoms. The van der Waals surface area contributed by atoms with E-state index < -0.39 is 5.97 Å². The zero-order valence-corrected chi connectivity index (χ0v) is 19.8. The van der Waals surface area contributed by atoms with E-state index in [-0.39, 0.29) is 28.1 Å². The molecule has 0 atom stereocenters. The first kappa shape index (κ1) is 24.7. The summed E-state index contributed by atoms with van der Waals surface area (Å²) < 4.78 is 0. The van der Waals surface area contributed by atoms with Crippen LogP contribution in [-0.2, 0) is 17.6 Å². The summed E-state index contributed by atoms with van der Waals surface area (Å²) in [6, 6.07) is 24.2. The molecule has 0 aliphatic carbocycles. The lowest BCUT2D eigenvalue weighted by Gasteiger charge is -2.19. The Hall–Kier alpha value is -3.95. The van der Waals surface area contributed by atoms with Crippen LogP contribution in [0.4, 0.5) is 0 Å². The van der Waals surface area contributed by atoms with E-state index >= 15 is 0 Å². The van der Waals surface area contributed by atoms with Crippen molar-refractivity contribution in [3.05, 3.63) is 106 Å². The average molecular weight is 456 g/mol. The number of aromatic carboxylic acids is 1. The molecule has 3 aromatic carbocycles. The van der Waals surface area contributed by atoms with Crippen LogP contribution in [0.1, 0.15) is 70.7 Å². The van der Waals surface area contributed by atoms with Crippen LogP contribution in [0, 0.1) is 11.3 Å². The molecular weight excluding hydrogens is 426 g/mol. The predicted octanol–water partition coefficient (Wildman–Crippen LogP) is 4.95. The summed E-state index contributed by atoms with van der Waals surface area (Å²) in [5.74, 6) is -1.03. The molecule has 3 N–H and O–H groups in total. The molecule has 2 heterocycles. The summed E-state index contributed by atoms with van der Waals surface area (Å²) in [7, 11) is 0. The van der Waals surface area contributed by atoms with Crippen molar-refractivity contribution in [3.63, 3.8) is 0 Å². The van der Waals surface area contributed by atoms with Crippen molar-refractivity contribution in [1.29, 1.82) is 5.26 Å². The fourth-order valence-electron chi connectivity index (χ4n) is 4.11. The number of carbonyl (C=O) groups is 2. The minimum atomic E-state index is -1.07. The maximum atomic E-state index is 11.4. The van der Waals surface area contributed by atoms with Crippen LogP contribution in [0.2, 0.25) is 0 Å². The van der Waals surface area contributed by atoms with Gasteiger partial charge in [-0.25, -0.2) is 4.79 Å². The Balaban J connectivity index is 0.000000143. The van der Waals surface area contributed by atoms with Crippen LogP contribution >= 0.6 is 0 Å². The molecule has 0 bridgehead atoms. The predicted molar refractivity (Wildman–Crippen MR) is 131 cm³/mol. The monoisotopic (exact) mass is 455 g/mol. The number of hydrogen-bond donors (Lipinski definition) is 3. The van der Waals surface area contributed by atoms with Crippen molar-refractivity contribution in [2.45, 2.75) is 45.3 Å². The molecule has 0 radical (unpaired) electrons. The van der Waals surface area contributed by atoms with Crippen molar-refractivity contribution < 1.29 is 14.7 Å². The van der Waals surface area contributed by atoms with Gasteiger partial charge in [0.1, 0.15) is 6.07 Å². The first-order valence-electron chi connectivity index (χ1n) is 11.0. The van der Waals surface area contributed by atoms with Crippen LogP contribution in [0.5, 0.6) is 0 Å². The van der Waals surface area contributed by atoms with E-state index in [0.717, 1.165) is 17.7 Å². The van der Waals surface area contributed by atoms with Gasteiger partial charge in [-0.05, 0) is 62.6 Å². The fraction of sp³-hybridized carbons (Fsp3) is 0.250. The highest BCUT2D eigenvalue weighted by Gasteiger charge is 2.34. The Labute approximate surface area is 200 Å². The third kappa shape index (κ3) is 5.33. The van der Waals surface area contributed by atoms with Crippen LogP contribution in [0.25, 0.3) is 0 Å². The second-order valence-corrected chi connectivity index (χ2v) is 9.22. The number of carboxylic acids is 1. The number of hydrogen-bond acceptors (Lipinski definition) is 4. The number of amides is 1. The lowest BCUT2D eigenvalue weighted by Crippen LogP contribution is -2.32. The zero-order valence-electron chi connectivity index (χ0n) is 19.8. The molecule has 2 aliphatic rings. The molecule has 0 unspecified atom stereocenters. The van der Waals surface area contributed by atoms with E-state index in [0.29, 0.717) is 0 Å². The van der Waals surface area contributed by atoms with Gasteiger partial charge < -0.3 is 15.7 Å². The first-order chi connectivity index (χ1) is 16.1. The van der Waals surface area contributed by atoms with Gasteiger partial charge in [0.05, 0.1) is 16.7 Å². The lowest BCUT2D eigenvalue weighted by molar-refractivity contribution is 0.0696. The van der Waals surface area contributed by atoms with E-state index in [1.165, 1.54) is 23.3 Å². The molecule has 174 valence electrons. The van der Waals surface area contributed by atoms with E-state index in [2.05, 4.69) is 48.7 Å². The Morgan fingerprint density at radius 1 is 0.882 bits per heavy atom. The van der Waals surface area contributed by atoms with Crippen LogP contribution in [0.3, 0.4) is 0 Å². The minimum absolute atomic E-state index is 0.0376. The maximum absolute atomic E-state index is 11.4. The Bertz CT molecular complexity index is 1260. The number of carboxylic acid groups (broad SMARTS) is 1. The Morgan fingerprint density at radius 2 is 1.47 bits per heavy atom. The van der Waals surface area contributed by atoms with Gasteiger partial charge in [-0.3, -0.25) is 4.79 Å². The van der Waals surface area contributed by atoms with Crippen molar-refractivity contribution in [1.82, 2.24) is 10.6 Å². The van der Waals surface area contributed by atoms with Gasteiger partial charge in [-0.2, -0.15) is 5.26 Å². The SMILES string of the molecule is CC1(C)NC(=O)c2ccccc21.CC1(C)NCc2ccccc21.N#Cc1ccccc1C(=O)O. The van der Waals surface area contributed by atoms with Crippen molar-refractivity contribution in [2.24, 2.45) is 0 Å². The molecule has 1 amide bonds. The summed E-state index contributed by atoms with van der Waals surface area (Å²) in [5, 5.41) is 23.4. The summed E-state index contributed by atoms with van der Waals surface area (Å²) in [4.78, 5) is 21.8. The van der Waals surface area contributed by atoms with Crippen molar-refractivity contribution >= 4 is 11.9 Å². The molecule has 0 saturated carbocycles. The third-order valence-corrected chi connectivity index (χ3v) is 5.96. The highest BCUT2D eigenvalue weighted by atomic mass is 16.4. The average Bonchev–Trinajstić information content (AvgIpc) is 3.26. The summed E-state index contributed by atoms with van der Waals surface area (Å²) >= 11 is 0. The fourth-order valence-corrected chi connectivity index (χ4v) is 4.11. The maximum Gasteiger partial charge on any atom is 0.337 e. The smallest absolute Gasteiger partial charge is 0.337 e. The van der Waals surface area contributed by atoms with Crippen LogP contribution in [-0.4, -0.2) is 17.0 Å². The summed E-state index contributed by atoms with van der Waals surface area (Å²) in [6.45, 7) is 9.48. The number of rotatable bonds is 1. The number of fused-ring (bicyclic) bond motifs is 2. The van der Waals surface area contributed by atoms with Crippen LogP contribution in [0.15, 0.2) is 72.8 Å². The molecule has 0 aromatic heterocycles. The first-order valence-corrected chi connectivity index (χ1v) is 11.0. The van der Waals surface area contributed by atoms with Gasteiger partial charge in [0, 0.05) is 17.6 Å². The molecule has 5 rings (SSSR count). The molecule has 0 spiro atoms. The molecule has 3 aromatic rings. The Morgan fingerprint density at radius 3 is 2.06 bits per heavy atom. The number of nitriles is 1. The van der Waals surface area contributed by atoms with Gasteiger partial charge in [0.25, 0.3) is 5.91 Å². The van der Waals surface area contributed by atoms with Crippen molar-refractivity contribution in [3.8, 4) is 6.07 Å². The molecular formula is C28H29N3O3. The topological polar surface area (TPSA) is 102 Å². The number of nitrogens with zero attached hydrogens (tertiary/aromatic N) is 1. The van der Waals surface area contributed by atoms with Crippen LogP contribution < -0.4 is 10.6 Å². The second kappa shape index (κ2) is 9.90. The number of carbonyl (C=O) groups excluding carboxylic acids is 1. The highest BCUT2D eigenvalue weighted by Crippen LogP contribution is 2.30. The minimum Gasteiger partial charge on any atom is -0.478 e. The van der Waals surface area contributed by atoms with Gasteiger partial charge >= 0.3 is 5.97 Å². The van der Waals surface area contributed by atoms with E-state index in [1.54, 1.807) is 18.2 Å².